The van der Waals surface area contributed by atoms with Gasteiger partial charge in [0.1, 0.15) is 0 Å². The minimum absolute atomic E-state index is 0.378. The van der Waals surface area contributed by atoms with Gasteiger partial charge in [-0.05, 0) is 19.1 Å². The molecule has 4 nitrogen and oxygen atoms in total. The van der Waals surface area contributed by atoms with E-state index in [9.17, 15) is 5.11 Å². The number of ether oxygens (including phenoxy) is 2. The lowest BCUT2D eigenvalue weighted by atomic mass is 10.1. The van der Waals surface area contributed by atoms with E-state index in [-0.39, 0.29) is 0 Å². The number of aliphatic hydroxyl groups is 1. The lowest BCUT2D eigenvalue weighted by molar-refractivity contribution is 0.0137. The Hall–Kier alpha value is 0.190. The summed E-state index contributed by atoms with van der Waals surface area (Å²) in [6, 6.07) is 0. The van der Waals surface area contributed by atoms with Crippen LogP contribution in [0.4, 0.5) is 0 Å². The van der Waals surface area contributed by atoms with Gasteiger partial charge in [-0.25, -0.2) is 0 Å². The third-order valence-corrected chi connectivity index (χ3v) is 4.94. The molecule has 0 saturated heterocycles. The Morgan fingerprint density at radius 1 is 1.33 bits per heavy atom. The minimum Gasteiger partial charge on any atom is -0.389 e. The third kappa shape index (κ3) is 5.89. The lowest BCUT2D eigenvalue weighted by Gasteiger charge is -2.27. The molecule has 5 heteroatoms. The van der Waals surface area contributed by atoms with E-state index in [2.05, 4.69) is 11.6 Å². The van der Waals surface area contributed by atoms with Gasteiger partial charge in [0.25, 0.3) is 0 Å². The van der Waals surface area contributed by atoms with Crippen molar-refractivity contribution < 1.29 is 14.6 Å². The molecule has 0 spiro atoms. The van der Waals surface area contributed by atoms with E-state index in [0.717, 1.165) is 6.54 Å². The molecule has 1 unspecified atom stereocenters. The van der Waals surface area contributed by atoms with E-state index >= 15 is 0 Å². The van der Waals surface area contributed by atoms with E-state index < -0.39 is 6.10 Å². The van der Waals surface area contributed by atoms with Crippen molar-refractivity contribution in [3.63, 3.8) is 0 Å². The maximum Gasteiger partial charge on any atom is 0.0897 e. The second-order valence-electron chi connectivity index (χ2n) is 4.95. The highest BCUT2D eigenvalue weighted by molar-refractivity contribution is 8.00. The van der Waals surface area contributed by atoms with Crippen LogP contribution in [-0.2, 0) is 9.47 Å². The van der Waals surface area contributed by atoms with Crippen molar-refractivity contribution in [1.82, 2.24) is 5.32 Å². The highest BCUT2D eigenvalue weighted by Crippen LogP contribution is 2.39. The SMILES string of the molecule is COCCOCC(O)CNCC1(SC)CCCC1. The first-order valence-electron chi connectivity index (χ1n) is 6.73. The predicted octanol–water partition coefficient (Wildman–Crippen LogP) is 1.28. The summed E-state index contributed by atoms with van der Waals surface area (Å²) in [5.41, 5.74) is 0. The fourth-order valence-electron chi connectivity index (χ4n) is 2.36. The molecule has 1 aliphatic rings. The zero-order chi connectivity index (χ0) is 13.3. The Bertz CT molecular complexity index is 210. The number of methoxy groups -OCH3 is 1. The molecule has 0 bridgehead atoms. The smallest absolute Gasteiger partial charge is 0.0897 e. The molecule has 1 aliphatic carbocycles. The molecule has 0 aromatic carbocycles. The molecular weight excluding hydrogens is 250 g/mol. The van der Waals surface area contributed by atoms with Crippen molar-refractivity contribution in [1.29, 1.82) is 0 Å². The van der Waals surface area contributed by atoms with E-state index in [4.69, 9.17) is 9.47 Å². The molecule has 0 aromatic rings. The van der Waals surface area contributed by atoms with Crippen molar-refractivity contribution in [2.24, 2.45) is 0 Å². The summed E-state index contributed by atoms with van der Waals surface area (Å²) in [6.45, 7) is 3.10. The van der Waals surface area contributed by atoms with Crippen LogP contribution in [0.1, 0.15) is 25.7 Å². The summed E-state index contributed by atoms with van der Waals surface area (Å²) in [6.07, 6.45) is 7.03. The van der Waals surface area contributed by atoms with Crippen molar-refractivity contribution in [3.05, 3.63) is 0 Å². The van der Waals surface area contributed by atoms with E-state index in [1.54, 1.807) is 7.11 Å². The number of hydrogen-bond donors (Lipinski definition) is 2. The van der Waals surface area contributed by atoms with Gasteiger partial charge in [-0.3, -0.25) is 0 Å². The summed E-state index contributed by atoms with van der Waals surface area (Å²) >= 11 is 1.96. The fraction of sp³-hybridized carbons (Fsp3) is 1.00. The Labute approximate surface area is 115 Å². The number of rotatable bonds is 10. The van der Waals surface area contributed by atoms with Gasteiger partial charge in [0.15, 0.2) is 0 Å². The van der Waals surface area contributed by atoms with E-state index in [1.165, 1.54) is 25.7 Å². The maximum atomic E-state index is 9.74. The number of nitrogens with one attached hydrogen (secondary N) is 1. The normalized spacial score (nSPS) is 20.2. The molecule has 18 heavy (non-hydrogen) atoms. The Kier molecular flexibility index (Phi) is 8.26. The van der Waals surface area contributed by atoms with Gasteiger partial charge in [0.05, 0.1) is 25.9 Å². The Morgan fingerprint density at radius 2 is 2.06 bits per heavy atom. The molecular formula is C13H27NO3S. The quantitative estimate of drug-likeness (QED) is 0.589. The first-order chi connectivity index (χ1) is 8.72. The maximum absolute atomic E-state index is 9.74. The summed E-state index contributed by atoms with van der Waals surface area (Å²) in [7, 11) is 1.64. The molecule has 0 heterocycles. The van der Waals surface area contributed by atoms with Crippen LogP contribution in [-0.4, -0.2) is 62.2 Å². The molecule has 0 amide bonds. The Balaban J connectivity index is 2.05. The lowest BCUT2D eigenvalue weighted by Crippen LogP contribution is -2.40. The number of aliphatic hydroxyl groups excluding tert-OH is 1. The first kappa shape index (κ1) is 16.2. The Morgan fingerprint density at radius 3 is 2.67 bits per heavy atom. The van der Waals surface area contributed by atoms with Crippen LogP contribution in [0.2, 0.25) is 0 Å². The van der Waals surface area contributed by atoms with Gasteiger partial charge in [0.2, 0.25) is 0 Å². The van der Waals surface area contributed by atoms with Crippen LogP contribution in [0.25, 0.3) is 0 Å². The van der Waals surface area contributed by atoms with Crippen molar-refractivity contribution in [2.75, 3.05) is 46.3 Å². The standard InChI is InChI=1S/C13H27NO3S/c1-16-7-8-17-10-12(15)9-14-11-13(18-2)5-3-4-6-13/h12,14-15H,3-11H2,1-2H3. The first-order valence-corrected chi connectivity index (χ1v) is 7.95. The van der Waals surface area contributed by atoms with Gasteiger partial charge in [-0.1, -0.05) is 12.8 Å². The average Bonchev–Trinajstić information content (AvgIpc) is 2.84. The molecule has 1 saturated carbocycles. The van der Waals surface area contributed by atoms with Gasteiger partial charge < -0.3 is 19.9 Å². The summed E-state index contributed by atoms with van der Waals surface area (Å²) in [5, 5.41) is 13.1. The predicted molar refractivity (Wildman–Crippen MR) is 76.3 cm³/mol. The highest BCUT2D eigenvalue weighted by Gasteiger charge is 2.32. The van der Waals surface area contributed by atoms with Crippen molar-refractivity contribution >= 4 is 11.8 Å². The van der Waals surface area contributed by atoms with Crippen molar-refractivity contribution in [2.45, 2.75) is 36.5 Å². The molecule has 108 valence electrons. The minimum atomic E-state index is -0.429. The molecule has 0 aliphatic heterocycles. The molecule has 1 fully saturated rings. The second kappa shape index (κ2) is 9.15. The van der Waals surface area contributed by atoms with E-state index in [0.29, 0.717) is 31.1 Å². The highest BCUT2D eigenvalue weighted by atomic mass is 32.2. The summed E-state index contributed by atoms with van der Waals surface area (Å²) < 4.78 is 10.6. The molecule has 1 atom stereocenters. The van der Waals surface area contributed by atoms with Crippen LogP contribution in [0.5, 0.6) is 0 Å². The molecule has 1 rings (SSSR count). The topological polar surface area (TPSA) is 50.7 Å². The number of thioether (sulfide) groups is 1. The zero-order valence-corrected chi connectivity index (χ0v) is 12.4. The zero-order valence-electron chi connectivity index (χ0n) is 11.6. The van der Waals surface area contributed by atoms with Crippen LogP contribution in [0.15, 0.2) is 0 Å². The summed E-state index contributed by atoms with van der Waals surface area (Å²) in [4.78, 5) is 0. The fourth-order valence-corrected chi connectivity index (χ4v) is 3.30. The van der Waals surface area contributed by atoms with E-state index in [1.807, 2.05) is 11.8 Å². The monoisotopic (exact) mass is 277 g/mol. The molecule has 0 radical (unpaired) electrons. The third-order valence-electron chi connectivity index (χ3n) is 3.52. The molecule has 0 aromatic heterocycles. The number of hydrogen-bond acceptors (Lipinski definition) is 5. The van der Waals surface area contributed by atoms with Crippen LogP contribution >= 0.6 is 11.8 Å². The van der Waals surface area contributed by atoms with Crippen LogP contribution in [0.3, 0.4) is 0 Å². The van der Waals surface area contributed by atoms with Gasteiger partial charge in [0, 0.05) is 24.9 Å². The van der Waals surface area contributed by atoms with Gasteiger partial charge in [-0.15, -0.1) is 0 Å². The van der Waals surface area contributed by atoms with Crippen LogP contribution < -0.4 is 5.32 Å². The summed E-state index contributed by atoms with van der Waals surface area (Å²) in [5.74, 6) is 0. The average molecular weight is 277 g/mol. The largest absolute Gasteiger partial charge is 0.389 e. The molecule has 2 N–H and O–H groups in total. The van der Waals surface area contributed by atoms with Crippen LogP contribution in [0, 0.1) is 0 Å². The van der Waals surface area contributed by atoms with Gasteiger partial charge >= 0.3 is 0 Å². The second-order valence-corrected chi connectivity index (χ2v) is 6.22. The van der Waals surface area contributed by atoms with Crippen molar-refractivity contribution in [3.8, 4) is 0 Å². The van der Waals surface area contributed by atoms with Gasteiger partial charge in [-0.2, -0.15) is 11.8 Å².